The van der Waals surface area contributed by atoms with Crippen LogP contribution in [0.5, 0.6) is 0 Å². The second-order valence-electron chi connectivity index (χ2n) is 7.05. The van der Waals surface area contributed by atoms with Gasteiger partial charge in [0.1, 0.15) is 5.76 Å². The second kappa shape index (κ2) is 7.40. The summed E-state index contributed by atoms with van der Waals surface area (Å²) in [6.45, 7) is 9.97. The predicted molar refractivity (Wildman–Crippen MR) is 92.5 cm³/mol. The van der Waals surface area contributed by atoms with Crippen molar-refractivity contribution in [1.82, 2.24) is 24.8 Å². The summed E-state index contributed by atoms with van der Waals surface area (Å²) in [6.07, 6.45) is 6.73. The maximum absolute atomic E-state index is 5.82. The molecule has 1 atom stereocenters. The molecule has 3 heterocycles. The fourth-order valence-corrected chi connectivity index (χ4v) is 3.05. The Hall–Kier alpha value is -1.79. The van der Waals surface area contributed by atoms with Gasteiger partial charge in [0.2, 0.25) is 5.89 Å². The predicted octanol–water partition coefficient (Wildman–Crippen LogP) is 2.60. The van der Waals surface area contributed by atoms with Gasteiger partial charge in [-0.15, -0.1) is 0 Å². The summed E-state index contributed by atoms with van der Waals surface area (Å²) in [5.41, 5.74) is 2.00. The van der Waals surface area contributed by atoms with E-state index >= 15 is 0 Å². The fraction of sp³-hybridized carbons (Fsp3) is 0.611. The van der Waals surface area contributed by atoms with Crippen LogP contribution < -0.4 is 0 Å². The van der Waals surface area contributed by atoms with Gasteiger partial charge in [0.05, 0.1) is 24.1 Å². The average molecular weight is 329 g/mol. The van der Waals surface area contributed by atoms with E-state index in [9.17, 15) is 0 Å². The molecule has 1 aliphatic rings. The van der Waals surface area contributed by atoms with Crippen LogP contribution in [0.1, 0.15) is 49.2 Å². The van der Waals surface area contributed by atoms with E-state index in [4.69, 9.17) is 4.42 Å². The van der Waals surface area contributed by atoms with Gasteiger partial charge in [-0.05, 0) is 20.4 Å². The largest absolute Gasteiger partial charge is 0.444 e. The molecule has 3 rings (SSSR count). The van der Waals surface area contributed by atoms with E-state index < -0.39 is 0 Å². The van der Waals surface area contributed by atoms with E-state index in [0.29, 0.717) is 12.0 Å². The van der Waals surface area contributed by atoms with E-state index in [1.165, 1.54) is 0 Å². The van der Waals surface area contributed by atoms with Crippen molar-refractivity contribution < 1.29 is 4.42 Å². The van der Waals surface area contributed by atoms with E-state index in [1.807, 2.05) is 25.5 Å². The highest BCUT2D eigenvalue weighted by atomic mass is 16.4. The lowest BCUT2D eigenvalue weighted by Crippen LogP contribution is -2.34. The molecule has 24 heavy (non-hydrogen) atoms. The molecular formula is C18H27N5O. The van der Waals surface area contributed by atoms with Crippen molar-refractivity contribution in [2.45, 2.75) is 52.2 Å². The molecule has 6 heteroatoms. The van der Waals surface area contributed by atoms with Gasteiger partial charge in [-0.1, -0.05) is 13.8 Å². The van der Waals surface area contributed by atoms with Crippen LogP contribution in [0.25, 0.3) is 0 Å². The maximum atomic E-state index is 5.82. The van der Waals surface area contributed by atoms with Gasteiger partial charge < -0.3 is 4.42 Å². The van der Waals surface area contributed by atoms with Crippen LogP contribution in [0, 0.1) is 6.92 Å². The van der Waals surface area contributed by atoms with Gasteiger partial charge in [0, 0.05) is 44.0 Å². The van der Waals surface area contributed by atoms with Crippen molar-refractivity contribution in [3.8, 4) is 0 Å². The zero-order valence-electron chi connectivity index (χ0n) is 15.1. The third-order valence-electron chi connectivity index (χ3n) is 4.62. The first kappa shape index (κ1) is 17.0. The molecule has 2 aromatic rings. The van der Waals surface area contributed by atoms with Crippen molar-refractivity contribution in [3.05, 3.63) is 41.6 Å². The van der Waals surface area contributed by atoms with Crippen LogP contribution >= 0.6 is 0 Å². The number of likely N-dealkylation sites (tertiary alicyclic amines) is 1. The minimum atomic E-state index is 0.383. The van der Waals surface area contributed by atoms with Gasteiger partial charge in [-0.3, -0.25) is 19.8 Å². The van der Waals surface area contributed by atoms with Crippen molar-refractivity contribution in [3.63, 3.8) is 0 Å². The van der Waals surface area contributed by atoms with E-state index in [-0.39, 0.29) is 0 Å². The Bertz CT molecular complexity index is 652. The molecule has 1 unspecified atom stereocenters. The standard InChI is InChI=1S/C18H27N5O/c1-13(2)17-9-21-18(24-17)12-22(4)16-5-6-23(11-16)10-15-8-19-14(3)7-20-15/h7-9,13,16H,5-6,10-12H2,1-4H3. The summed E-state index contributed by atoms with van der Waals surface area (Å²) in [6, 6.07) is 0.526. The summed E-state index contributed by atoms with van der Waals surface area (Å²) < 4.78 is 5.82. The highest BCUT2D eigenvalue weighted by Crippen LogP contribution is 2.20. The molecule has 1 saturated heterocycles. The quantitative estimate of drug-likeness (QED) is 0.812. The number of aromatic nitrogens is 3. The topological polar surface area (TPSA) is 58.3 Å². The zero-order chi connectivity index (χ0) is 17.1. The Morgan fingerprint density at radius 1 is 1.25 bits per heavy atom. The number of nitrogens with zero attached hydrogens (tertiary/aromatic N) is 5. The number of likely N-dealkylation sites (N-methyl/N-ethyl adjacent to an activating group) is 1. The van der Waals surface area contributed by atoms with Crippen LogP contribution in [0.15, 0.2) is 23.0 Å². The Morgan fingerprint density at radius 2 is 2.08 bits per heavy atom. The van der Waals surface area contributed by atoms with Crippen molar-refractivity contribution in [2.75, 3.05) is 20.1 Å². The van der Waals surface area contributed by atoms with Gasteiger partial charge in [-0.2, -0.15) is 0 Å². The minimum Gasteiger partial charge on any atom is -0.444 e. The molecule has 6 nitrogen and oxygen atoms in total. The monoisotopic (exact) mass is 329 g/mol. The molecule has 1 fully saturated rings. The molecule has 0 aliphatic carbocycles. The normalized spacial score (nSPS) is 18.8. The van der Waals surface area contributed by atoms with Crippen LogP contribution in [-0.2, 0) is 13.1 Å². The molecule has 0 radical (unpaired) electrons. The lowest BCUT2D eigenvalue weighted by Gasteiger charge is -2.23. The maximum Gasteiger partial charge on any atom is 0.208 e. The smallest absolute Gasteiger partial charge is 0.208 e. The van der Waals surface area contributed by atoms with Gasteiger partial charge in [0.15, 0.2) is 0 Å². The molecule has 1 aliphatic heterocycles. The lowest BCUT2D eigenvalue weighted by molar-refractivity contribution is 0.203. The van der Waals surface area contributed by atoms with E-state index in [2.05, 4.69) is 45.6 Å². The Kier molecular flexibility index (Phi) is 5.26. The van der Waals surface area contributed by atoms with Gasteiger partial charge >= 0.3 is 0 Å². The highest BCUT2D eigenvalue weighted by molar-refractivity contribution is 5.02. The molecule has 0 spiro atoms. The third-order valence-corrected chi connectivity index (χ3v) is 4.62. The number of aryl methyl sites for hydroxylation is 1. The number of hydrogen-bond acceptors (Lipinski definition) is 6. The molecule has 2 aromatic heterocycles. The second-order valence-corrected chi connectivity index (χ2v) is 7.05. The molecule has 130 valence electrons. The average Bonchev–Trinajstić information content (AvgIpc) is 3.19. The Balaban J connectivity index is 1.51. The molecule has 0 saturated carbocycles. The van der Waals surface area contributed by atoms with Crippen LogP contribution in [-0.4, -0.2) is 50.9 Å². The van der Waals surface area contributed by atoms with E-state index in [1.54, 1.807) is 0 Å². The lowest BCUT2D eigenvalue weighted by atomic mass is 10.2. The fourth-order valence-electron chi connectivity index (χ4n) is 3.05. The summed E-state index contributed by atoms with van der Waals surface area (Å²) >= 11 is 0. The minimum absolute atomic E-state index is 0.383. The third kappa shape index (κ3) is 4.19. The Morgan fingerprint density at radius 3 is 2.75 bits per heavy atom. The van der Waals surface area contributed by atoms with Crippen molar-refractivity contribution in [2.24, 2.45) is 0 Å². The highest BCUT2D eigenvalue weighted by Gasteiger charge is 2.26. The summed E-state index contributed by atoms with van der Waals surface area (Å²) in [7, 11) is 2.15. The SMILES string of the molecule is Cc1cnc(CN2CCC(N(C)Cc3ncc(C(C)C)o3)C2)cn1. The number of rotatable bonds is 6. The van der Waals surface area contributed by atoms with Gasteiger partial charge in [0.25, 0.3) is 0 Å². The zero-order valence-corrected chi connectivity index (χ0v) is 15.1. The Labute approximate surface area is 143 Å². The molecular weight excluding hydrogens is 302 g/mol. The van der Waals surface area contributed by atoms with Crippen LogP contribution in [0.2, 0.25) is 0 Å². The summed E-state index contributed by atoms with van der Waals surface area (Å²) in [4.78, 5) is 18.0. The molecule has 0 bridgehead atoms. The first-order valence-corrected chi connectivity index (χ1v) is 8.66. The molecule has 0 aromatic carbocycles. The summed E-state index contributed by atoms with van der Waals surface area (Å²) in [5, 5.41) is 0. The molecule has 0 N–H and O–H groups in total. The van der Waals surface area contributed by atoms with Crippen molar-refractivity contribution >= 4 is 0 Å². The number of hydrogen-bond donors (Lipinski definition) is 0. The van der Waals surface area contributed by atoms with Gasteiger partial charge in [-0.25, -0.2) is 4.98 Å². The summed E-state index contributed by atoms with van der Waals surface area (Å²) in [5.74, 6) is 2.16. The van der Waals surface area contributed by atoms with Crippen LogP contribution in [0.3, 0.4) is 0 Å². The van der Waals surface area contributed by atoms with Crippen LogP contribution in [0.4, 0.5) is 0 Å². The first-order chi connectivity index (χ1) is 11.5. The number of oxazole rings is 1. The molecule has 0 amide bonds. The first-order valence-electron chi connectivity index (χ1n) is 8.66. The van der Waals surface area contributed by atoms with Crippen molar-refractivity contribution in [1.29, 1.82) is 0 Å². The van der Waals surface area contributed by atoms with E-state index in [0.717, 1.165) is 55.6 Å².